The van der Waals surface area contributed by atoms with Gasteiger partial charge in [-0.15, -0.1) is 0 Å². The summed E-state index contributed by atoms with van der Waals surface area (Å²) in [6.07, 6.45) is -1.01. The second-order valence-corrected chi connectivity index (χ2v) is 7.35. The fraction of sp³-hybridized carbons (Fsp3) is 0.192. The Hall–Kier alpha value is -3.93. The van der Waals surface area contributed by atoms with Gasteiger partial charge in [-0.2, -0.15) is 0 Å². The number of aryl methyl sites for hydroxylation is 1. The normalized spacial score (nSPS) is 11.3. The van der Waals surface area contributed by atoms with Gasteiger partial charge in [0, 0.05) is 23.4 Å². The van der Waals surface area contributed by atoms with Crippen LogP contribution in [0.15, 0.2) is 78.9 Å². The van der Waals surface area contributed by atoms with Crippen molar-refractivity contribution in [2.24, 2.45) is 0 Å². The molecule has 32 heavy (non-hydrogen) atoms. The molecule has 3 aromatic carbocycles. The van der Waals surface area contributed by atoms with Gasteiger partial charge in [-0.1, -0.05) is 66.7 Å². The van der Waals surface area contributed by atoms with Crippen molar-refractivity contribution in [3.63, 3.8) is 0 Å². The molecule has 0 saturated heterocycles. The summed E-state index contributed by atoms with van der Waals surface area (Å²) in [5.74, 6) is -1.24. The van der Waals surface area contributed by atoms with Gasteiger partial charge in [-0.25, -0.2) is 0 Å². The molecule has 0 aromatic heterocycles. The lowest BCUT2D eigenvalue weighted by atomic mass is 10.0. The van der Waals surface area contributed by atoms with E-state index in [9.17, 15) is 14.4 Å². The SMILES string of the molecule is Cc1ccccc1C(=O)NCCC(=O)OC(C)C(=O)Nc1ccccc1-c1ccccc1. The van der Waals surface area contributed by atoms with Crippen molar-refractivity contribution in [1.29, 1.82) is 0 Å². The molecule has 6 nitrogen and oxygen atoms in total. The highest BCUT2D eigenvalue weighted by Crippen LogP contribution is 2.27. The quantitative estimate of drug-likeness (QED) is 0.520. The molecule has 3 aromatic rings. The first kappa shape index (κ1) is 22.7. The topological polar surface area (TPSA) is 84.5 Å². The summed E-state index contributed by atoms with van der Waals surface area (Å²) >= 11 is 0. The molecule has 0 fully saturated rings. The van der Waals surface area contributed by atoms with E-state index in [1.54, 1.807) is 18.2 Å². The van der Waals surface area contributed by atoms with Crippen LogP contribution in [0.4, 0.5) is 5.69 Å². The van der Waals surface area contributed by atoms with Crippen molar-refractivity contribution in [2.75, 3.05) is 11.9 Å². The molecule has 1 unspecified atom stereocenters. The molecule has 0 aliphatic rings. The van der Waals surface area contributed by atoms with Gasteiger partial charge in [0.15, 0.2) is 6.10 Å². The lowest BCUT2D eigenvalue weighted by Gasteiger charge is -2.16. The van der Waals surface area contributed by atoms with Crippen LogP contribution >= 0.6 is 0 Å². The number of carbonyl (C=O) groups excluding carboxylic acids is 3. The van der Waals surface area contributed by atoms with Crippen LogP contribution in [0.2, 0.25) is 0 Å². The minimum Gasteiger partial charge on any atom is -0.452 e. The number of rotatable bonds is 8. The van der Waals surface area contributed by atoms with Crippen LogP contribution in [0.3, 0.4) is 0 Å². The van der Waals surface area contributed by atoms with Crippen molar-refractivity contribution in [1.82, 2.24) is 5.32 Å². The Morgan fingerprint density at radius 1 is 0.875 bits per heavy atom. The molecule has 6 heteroatoms. The number of esters is 1. The standard InChI is InChI=1S/C26H26N2O4/c1-18-10-6-7-13-21(18)26(31)27-17-16-24(29)32-19(2)25(30)28-23-15-9-8-14-22(23)20-11-4-3-5-12-20/h3-15,19H,16-17H2,1-2H3,(H,27,31)(H,28,30). The largest absolute Gasteiger partial charge is 0.452 e. The van der Waals surface area contributed by atoms with Gasteiger partial charge in [-0.3, -0.25) is 14.4 Å². The number of hydrogen-bond donors (Lipinski definition) is 2. The second kappa shape index (κ2) is 10.9. The van der Waals surface area contributed by atoms with E-state index in [1.807, 2.05) is 67.6 Å². The van der Waals surface area contributed by atoms with E-state index in [0.29, 0.717) is 11.3 Å². The van der Waals surface area contributed by atoms with Gasteiger partial charge in [0.2, 0.25) is 0 Å². The maximum atomic E-state index is 12.6. The van der Waals surface area contributed by atoms with E-state index >= 15 is 0 Å². The zero-order valence-electron chi connectivity index (χ0n) is 18.1. The van der Waals surface area contributed by atoms with Crippen LogP contribution in [0.25, 0.3) is 11.1 Å². The highest BCUT2D eigenvalue weighted by molar-refractivity contribution is 5.98. The van der Waals surface area contributed by atoms with Crippen molar-refractivity contribution >= 4 is 23.5 Å². The Labute approximate surface area is 187 Å². The zero-order chi connectivity index (χ0) is 22.9. The predicted molar refractivity (Wildman–Crippen MR) is 124 cm³/mol. The summed E-state index contributed by atoms with van der Waals surface area (Å²) in [4.78, 5) is 36.9. The van der Waals surface area contributed by atoms with Gasteiger partial charge in [-0.05, 0) is 37.1 Å². The summed E-state index contributed by atoms with van der Waals surface area (Å²) in [5, 5.41) is 5.53. The molecule has 0 spiro atoms. The second-order valence-electron chi connectivity index (χ2n) is 7.35. The Morgan fingerprint density at radius 3 is 2.28 bits per heavy atom. The first-order valence-electron chi connectivity index (χ1n) is 10.4. The molecule has 0 aliphatic carbocycles. The maximum Gasteiger partial charge on any atom is 0.308 e. The summed E-state index contributed by atoms with van der Waals surface area (Å²) in [5.41, 5.74) is 3.90. The fourth-order valence-electron chi connectivity index (χ4n) is 3.21. The average Bonchev–Trinajstić information content (AvgIpc) is 2.80. The summed E-state index contributed by atoms with van der Waals surface area (Å²) in [6, 6.07) is 24.3. The average molecular weight is 431 g/mol. The molecule has 0 radical (unpaired) electrons. The molecule has 164 valence electrons. The van der Waals surface area contributed by atoms with Crippen LogP contribution in [0.5, 0.6) is 0 Å². The molecule has 2 N–H and O–H groups in total. The molecule has 2 amide bonds. The third kappa shape index (κ3) is 6.04. The molecule has 0 bridgehead atoms. The highest BCUT2D eigenvalue weighted by atomic mass is 16.5. The number of ether oxygens (including phenoxy) is 1. The van der Waals surface area contributed by atoms with E-state index in [2.05, 4.69) is 10.6 Å². The lowest BCUT2D eigenvalue weighted by molar-refractivity contribution is -0.153. The van der Waals surface area contributed by atoms with E-state index in [1.165, 1.54) is 6.92 Å². The predicted octanol–water partition coefficient (Wildman–Crippen LogP) is 4.35. The van der Waals surface area contributed by atoms with Crippen LogP contribution < -0.4 is 10.6 Å². The zero-order valence-corrected chi connectivity index (χ0v) is 18.1. The number of para-hydroxylation sites is 1. The molecule has 1 atom stereocenters. The monoisotopic (exact) mass is 430 g/mol. The first-order valence-corrected chi connectivity index (χ1v) is 10.4. The van der Waals surface area contributed by atoms with Gasteiger partial charge in [0.1, 0.15) is 0 Å². The third-order valence-electron chi connectivity index (χ3n) is 4.95. The molecule has 3 rings (SSSR count). The minimum atomic E-state index is -0.974. The minimum absolute atomic E-state index is 0.0319. The molecule has 0 aliphatic heterocycles. The molecular weight excluding hydrogens is 404 g/mol. The van der Waals surface area contributed by atoms with Crippen molar-refractivity contribution < 1.29 is 19.1 Å². The van der Waals surface area contributed by atoms with Gasteiger partial charge in [0.25, 0.3) is 11.8 Å². The van der Waals surface area contributed by atoms with E-state index in [4.69, 9.17) is 4.74 Å². The van der Waals surface area contributed by atoms with Crippen molar-refractivity contribution in [3.8, 4) is 11.1 Å². The van der Waals surface area contributed by atoms with Crippen molar-refractivity contribution in [3.05, 3.63) is 90.0 Å². The molecule has 0 heterocycles. The number of nitrogens with one attached hydrogen (secondary N) is 2. The highest BCUT2D eigenvalue weighted by Gasteiger charge is 2.19. The van der Waals surface area contributed by atoms with E-state index in [0.717, 1.165) is 16.7 Å². The smallest absolute Gasteiger partial charge is 0.308 e. The Morgan fingerprint density at radius 2 is 1.53 bits per heavy atom. The van der Waals surface area contributed by atoms with E-state index < -0.39 is 18.0 Å². The Kier molecular flexibility index (Phi) is 7.75. The first-order chi connectivity index (χ1) is 15.5. The Balaban J connectivity index is 1.50. The lowest BCUT2D eigenvalue weighted by Crippen LogP contribution is -2.32. The van der Waals surface area contributed by atoms with E-state index in [-0.39, 0.29) is 18.9 Å². The summed E-state index contributed by atoms with van der Waals surface area (Å²) in [6.45, 7) is 3.49. The number of carbonyl (C=O) groups is 3. The number of hydrogen-bond acceptors (Lipinski definition) is 4. The number of anilines is 1. The van der Waals surface area contributed by atoms with Gasteiger partial charge >= 0.3 is 5.97 Å². The molecular formula is C26H26N2O4. The number of benzene rings is 3. The van der Waals surface area contributed by atoms with Crippen LogP contribution in [-0.4, -0.2) is 30.4 Å². The summed E-state index contributed by atoms with van der Waals surface area (Å²) in [7, 11) is 0. The maximum absolute atomic E-state index is 12.6. The Bertz CT molecular complexity index is 1100. The van der Waals surface area contributed by atoms with Gasteiger partial charge in [0.05, 0.1) is 6.42 Å². The van der Waals surface area contributed by atoms with Crippen molar-refractivity contribution in [2.45, 2.75) is 26.4 Å². The fourth-order valence-corrected chi connectivity index (χ4v) is 3.21. The third-order valence-corrected chi connectivity index (χ3v) is 4.95. The van der Waals surface area contributed by atoms with Gasteiger partial charge < -0.3 is 15.4 Å². The van der Waals surface area contributed by atoms with Crippen LogP contribution in [-0.2, 0) is 14.3 Å². The number of amides is 2. The summed E-state index contributed by atoms with van der Waals surface area (Å²) < 4.78 is 5.24. The van der Waals surface area contributed by atoms with Crippen LogP contribution in [0, 0.1) is 6.92 Å². The molecule has 0 saturated carbocycles. The van der Waals surface area contributed by atoms with Crippen LogP contribution in [0.1, 0.15) is 29.3 Å².